The van der Waals surface area contributed by atoms with E-state index in [2.05, 4.69) is 25.6 Å². The van der Waals surface area contributed by atoms with E-state index in [4.69, 9.17) is 0 Å². The summed E-state index contributed by atoms with van der Waals surface area (Å²) in [6.45, 7) is 6.14. The van der Waals surface area contributed by atoms with Gasteiger partial charge in [-0.25, -0.2) is 0 Å². The second-order valence-electron chi connectivity index (χ2n) is 4.29. The van der Waals surface area contributed by atoms with E-state index in [0.717, 1.165) is 6.42 Å². The standard InChI is InChI=1S/C14H29S/c1-3-5-7-8-9-10-11-12-14-15-13-6-4-2/h1,3-14H2,2H3. The van der Waals surface area contributed by atoms with Crippen LogP contribution in [0.5, 0.6) is 0 Å². The van der Waals surface area contributed by atoms with Gasteiger partial charge in [-0.3, -0.25) is 0 Å². The first-order valence-electron chi connectivity index (χ1n) is 6.78. The van der Waals surface area contributed by atoms with Crippen molar-refractivity contribution in [2.24, 2.45) is 0 Å². The summed E-state index contributed by atoms with van der Waals surface area (Å²) in [5.41, 5.74) is 0. The van der Waals surface area contributed by atoms with Crippen LogP contribution in [0.4, 0.5) is 0 Å². The van der Waals surface area contributed by atoms with Crippen LogP contribution in [0.25, 0.3) is 0 Å². The van der Waals surface area contributed by atoms with E-state index in [1.165, 1.54) is 69.3 Å². The SMILES string of the molecule is [CH2]CCCCCCCCCSCCCC. The monoisotopic (exact) mass is 229 g/mol. The highest BCUT2D eigenvalue weighted by atomic mass is 32.2. The Hall–Kier alpha value is 0.350. The molecular formula is C14H29S. The molecule has 0 fully saturated rings. The van der Waals surface area contributed by atoms with Crippen molar-refractivity contribution in [2.45, 2.75) is 71.1 Å². The molecule has 0 aromatic rings. The predicted molar refractivity (Wildman–Crippen MR) is 74.5 cm³/mol. The van der Waals surface area contributed by atoms with Gasteiger partial charge in [0, 0.05) is 0 Å². The molecule has 0 rings (SSSR count). The third-order valence-electron chi connectivity index (χ3n) is 2.68. The summed E-state index contributed by atoms with van der Waals surface area (Å²) in [6, 6.07) is 0. The van der Waals surface area contributed by atoms with Crippen LogP contribution in [0.1, 0.15) is 71.1 Å². The molecule has 0 atom stereocenters. The zero-order valence-corrected chi connectivity index (χ0v) is 11.4. The van der Waals surface area contributed by atoms with Crippen molar-refractivity contribution in [3.63, 3.8) is 0 Å². The highest BCUT2D eigenvalue weighted by Gasteiger charge is 1.92. The van der Waals surface area contributed by atoms with Crippen LogP contribution in [-0.4, -0.2) is 11.5 Å². The molecule has 0 nitrogen and oxygen atoms in total. The van der Waals surface area contributed by atoms with Crippen LogP contribution in [0.2, 0.25) is 0 Å². The molecule has 0 bridgehead atoms. The van der Waals surface area contributed by atoms with Crippen molar-refractivity contribution in [1.82, 2.24) is 0 Å². The number of unbranched alkanes of at least 4 members (excludes halogenated alkanes) is 8. The molecule has 1 heteroatoms. The summed E-state index contributed by atoms with van der Waals surface area (Å²) < 4.78 is 0. The number of thioether (sulfide) groups is 1. The Kier molecular flexibility index (Phi) is 14.7. The van der Waals surface area contributed by atoms with E-state index < -0.39 is 0 Å². The normalized spacial score (nSPS) is 10.8. The highest BCUT2D eigenvalue weighted by Crippen LogP contribution is 2.12. The molecule has 0 saturated heterocycles. The first kappa shape index (κ1) is 15.3. The maximum atomic E-state index is 3.87. The van der Waals surface area contributed by atoms with E-state index in [0.29, 0.717) is 0 Å². The molecule has 0 aliphatic carbocycles. The van der Waals surface area contributed by atoms with Gasteiger partial charge >= 0.3 is 0 Å². The molecule has 0 amide bonds. The lowest BCUT2D eigenvalue weighted by Crippen LogP contribution is -1.85. The number of rotatable bonds is 12. The van der Waals surface area contributed by atoms with Crippen LogP contribution in [-0.2, 0) is 0 Å². The third-order valence-corrected chi connectivity index (χ3v) is 3.84. The Morgan fingerprint density at radius 2 is 1.27 bits per heavy atom. The lowest BCUT2D eigenvalue weighted by Gasteiger charge is -2.01. The second kappa shape index (κ2) is 14.3. The average Bonchev–Trinajstić information content (AvgIpc) is 2.26. The molecule has 91 valence electrons. The Morgan fingerprint density at radius 3 is 1.87 bits per heavy atom. The smallest absolute Gasteiger partial charge is 0.00675 e. The van der Waals surface area contributed by atoms with E-state index in [1.54, 1.807) is 0 Å². The Labute approximate surface area is 102 Å². The minimum atomic E-state index is 1.12. The van der Waals surface area contributed by atoms with E-state index in [-0.39, 0.29) is 0 Å². The van der Waals surface area contributed by atoms with Gasteiger partial charge in [0.05, 0.1) is 0 Å². The Balaban J connectivity index is 2.81. The van der Waals surface area contributed by atoms with Crippen LogP contribution < -0.4 is 0 Å². The van der Waals surface area contributed by atoms with Gasteiger partial charge in [-0.1, -0.05) is 65.2 Å². The predicted octanol–water partition coefficient (Wildman–Crippen LogP) is 5.47. The van der Waals surface area contributed by atoms with Gasteiger partial charge in [-0.15, -0.1) is 0 Å². The third kappa shape index (κ3) is 14.4. The second-order valence-corrected chi connectivity index (χ2v) is 5.52. The van der Waals surface area contributed by atoms with Gasteiger partial charge in [-0.2, -0.15) is 11.8 Å². The fourth-order valence-electron chi connectivity index (χ4n) is 1.61. The van der Waals surface area contributed by atoms with Crippen molar-refractivity contribution in [3.8, 4) is 0 Å². The summed E-state index contributed by atoms with van der Waals surface area (Å²) in [5, 5.41) is 0. The molecule has 0 aromatic heterocycles. The van der Waals surface area contributed by atoms with E-state index >= 15 is 0 Å². The lowest BCUT2D eigenvalue weighted by atomic mass is 10.1. The molecule has 0 heterocycles. The fraction of sp³-hybridized carbons (Fsp3) is 0.929. The number of hydrogen-bond acceptors (Lipinski definition) is 1. The lowest BCUT2D eigenvalue weighted by molar-refractivity contribution is 0.593. The first-order chi connectivity index (χ1) is 7.41. The van der Waals surface area contributed by atoms with Gasteiger partial charge in [0.2, 0.25) is 0 Å². The maximum absolute atomic E-state index is 3.87. The summed E-state index contributed by atoms with van der Waals surface area (Å²) in [4.78, 5) is 0. The van der Waals surface area contributed by atoms with Crippen LogP contribution >= 0.6 is 11.8 Å². The summed E-state index contributed by atoms with van der Waals surface area (Å²) in [7, 11) is 0. The highest BCUT2D eigenvalue weighted by molar-refractivity contribution is 7.99. The largest absolute Gasteiger partial charge is 0.162 e. The van der Waals surface area contributed by atoms with Crippen molar-refractivity contribution in [3.05, 3.63) is 6.92 Å². The molecule has 0 aliphatic rings. The first-order valence-corrected chi connectivity index (χ1v) is 7.94. The quantitative estimate of drug-likeness (QED) is 0.400. The molecule has 0 saturated carbocycles. The minimum absolute atomic E-state index is 1.12. The van der Waals surface area contributed by atoms with Gasteiger partial charge in [0.1, 0.15) is 0 Å². The Morgan fingerprint density at radius 1 is 0.733 bits per heavy atom. The fourth-order valence-corrected chi connectivity index (χ4v) is 2.72. The van der Waals surface area contributed by atoms with Crippen molar-refractivity contribution < 1.29 is 0 Å². The summed E-state index contributed by atoms with van der Waals surface area (Å²) in [5.74, 6) is 2.76. The topological polar surface area (TPSA) is 0 Å². The molecule has 0 aliphatic heterocycles. The minimum Gasteiger partial charge on any atom is -0.162 e. The molecule has 0 N–H and O–H groups in total. The van der Waals surface area contributed by atoms with Gasteiger partial charge in [0.15, 0.2) is 0 Å². The van der Waals surface area contributed by atoms with E-state index in [9.17, 15) is 0 Å². The van der Waals surface area contributed by atoms with Crippen LogP contribution in [0.3, 0.4) is 0 Å². The summed E-state index contributed by atoms with van der Waals surface area (Å²) >= 11 is 2.14. The average molecular weight is 229 g/mol. The molecule has 0 aromatic carbocycles. The van der Waals surface area contributed by atoms with Crippen molar-refractivity contribution in [1.29, 1.82) is 0 Å². The van der Waals surface area contributed by atoms with Gasteiger partial charge in [0.25, 0.3) is 0 Å². The zero-order chi connectivity index (χ0) is 11.2. The molecule has 0 unspecified atom stereocenters. The Bertz CT molecular complexity index is 89.5. The molecular weight excluding hydrogens is 200 g/mol. The van der Waals surface area contributed by atoms with E-state index in [1.807, 2.05) is 0 Å². The van der Waals surface area contributed by atoms with Gasteiger partial charge < -0.3 is 0 Å². The number of hydrogen-bond donors (Lipinski definition) is 0. The van der Waals surface area contributed by atoms with Gasteiger partial charge in [-0.05, 0) is 24.3 Å². The molecule has 15 heavy (non-hydrogen) atoms. The zero-order valence-electron chi connectivity index (χ0n) is 10.6. The van der Waals surface area contributed by atoms with Crippen molar-refractivity contribution in [2.75, 3.05) is 11.5 Å². The molecule has 0 spiro atoms. The van der Waals surface area contributed by atoms with Crippen LogP contribution in [0, 0.1) is 6.92 Å². The van der Waals surface area contributed by atoms with Crippen LogP contribution in [0.15, 0.2) is 0 Å². The maximum Gasteiger partial charge on any atom is -0.00675 e. The molecule has 1 radical (unpaired) electrons. The summed E-state index contributed by atoms with van der Waals surface area (Å²) in [6.07, 6.45) is 13.8. The van der Waals surface area contributed by atoms with Crippen molar-refractivity contribution >= 4 is 11.8 Å².